The van der Waals surface area contributed by atoms with E-state index in [1.807, 2.05) is 13.1 Å². The Bertz CT molecular complexity index is 367. The average Bonchev–Trinajstić information content (AvgIpc) is 2.23. The molecule has 2 rings (SSSR count). The van der Waals surface area contributed by atoms with Crippen LogP contribution in [0.3, 0.4) is 0 Å². The van der Waals surface area contributed by atoms with Gasteiger partial charge in [0.1, 0.15) is 0 Å². The highest BCUT2D eigenvalue weighted by Gasteiger charge is 2.44. The van der Waals surface area contributed by atoms with Gasteiger partial charge in [-0.1, -0.05) is 32.8 Å². The highest BCUT2D eigenvalue weighted by Crippen LogP contribution is 2.48. The fourth-order valence-corrected chi connectivity index (χ4v) is 2.80. The molecule has 0 bridgehead atoms. The molecule has 1 atom stereocenters. The predicted octanol–water partition coefficient (Wildman–Crippen LogP) is 3.14. The molecule has 1 fully saturated rings. The molecule has 0 amide bonds. The van der Waals surface area contributed by atoms with Crippen LogP contribution in [0.4, 0.5) is 0 Å². The molecule has 0 aliphatic heterocycles. The van der Waals surface area contributed by atoms with Gasteiger partial charge in [0.25, 0.3) is 0 Å². The molecule has 1 heterocycles. The van der Waals surface area contributed by atoms with E-state index in [0.717, 1.165) is 12.1 Å². The van der Waals surface area contributed by atoms with Crippen LogP contribution < -0.4 is 5.73 Å². The van der Waals surface area contributed by atoms with Crippen LogP contribution in [0.25, 0.3) is 0 Å². The molecule has 0 radical (unpaired) electrons. The number of aromatic nitrogens is 1. The third-order valence-corrected chi connectivity index (χ3v) is 4.26. The van der Waals surface area contributed by atoms with E-state index >= 15 is 0 Å². The van der Waals surface area contributed by atoms with E-state index in [4.69, 9.17) is 5.73 Å². The second-order valence-electron chi connectivity index (χ2n) is 5.75. The zero-order valence-electron chi connectivity index (χ0n) is 10.6. The Morgan fingerprint density at radius 2 is 1.88 bits per heavy atom. The summed E-state index contributed by atoms with van der Waals surface area (Å²) >= 11 is 0. The molecule has 0 aromatic carbocycles. The Balaban J connectivity index is 2.39. The van der Waals surface area contributed by atoms with Gasteiger partial charge in [0, 0.05) is 17.4 Å². The molecule has 1 saturated carbocycles. The van der Waals surface area contributed by atoms with E-state index in [2.05, 4.69) is 31.0 Å². The lowest BCUT2D eigenvalue weighted by Gasteiger charge is -2.48. The fourth-order valence-electron chi connectivity index (χ4n) is 2.80. The molecule has 2 N–H and O–H groups in total. The fraction of sp³-hybridized carbons (Fsp3) is 0.643. The van der Waals surface area contributed by atoms with Gasteiger partial charge in [-0.2, -0.15) is 0 Å². The van der Waals surface area contributed by atoms with Crippen molar-refractivity contribution in [2.45, 2.75) is 52.0 Å². The van der Waals surface area contributed by atoms with Gasteiger partial charge in [-0.15, -0.1) is 0 Å². The molecule has 0 spiro atoms. The molecule has 2 heteroatoms. The van der Waals surface area contributed by atoms with Crippen molar-refractivity contribution in [3.63, 3.8) is 0 Å². The van der Waals surface area contributed by atoms with Crippen molar-refractivity contribution in [2.24, 2.45) is 11.1 Å². The van der Waals surface area contributed by atoms with Crippen molar-refractivity contribution in [3.05, 3.63) is 29.6 Å². The molecular weight excluding hydrogens is 196 g/mol. The minimum absolute atomic E-state index is 0.169. The lowest BCUT2D eigenvalue weighted by Crippen LogP contribution is -2.51. The Hall–Kier alpha value is -0.890. The molecular formula is C14H22N2. The molecule has 1 unspecified atom stereocenters. The Morgan fingerprint density at radius 1 is 1.19 bits per heavy atom. The number of hydrogen-bond donors (Lipinski definition) is 1. The van der Waals surface area contributed by atoms with E-state index in [0.29, 0.717) is 0 Å². The van der Waals surface area contributed by atoms with Gasteiger partial charge in [0.05, 0.1) is 0 Å². The lowest BCUT2D eigenvalue weighted by atomic mass is 9.61. The van der Waals surface area contributed by atoms with E-state index in [1.165, 1.54) is 24.8 Å². The van der Waals surface area contributed by atoms with Crippen molar-refractivity contribution in [3.8, 4) is 0 Å². The minimum Gasteiger partial charge on any atom is -0.321 e. The molecule has 16 heavy (non-hydrogen) atoms. The Morgan fingerprint density at radius 3 is 2.44 bits per heavy atom. The summed E-state index contributed by atoms with van der Waals surface area (Å²) in [6, 6.07) is 4.21. The van der Waals surface area contributed by atoms with Gasteiger partial charge in [0.15, 0.2) is 0 Å². The molecule has 2 nitrogen and oxygen atoms in total. The highest BCUT2D eigenvalue weighted by molar-refractivity contribution is 5.26. The number of nitrogens with two attached hydrogens (primary N) is 1. The summed E-state index contributed by atoms with van der Waals surface area (Å²) in [7, 11) is 0. The summed E-state index contributed by atoms with van der Waals surface area (Å²) < 4.78 is 0. The predicted molar refractivity (Wildman–Crippen MR) is 67.1 cm³/mol. The topological polar surface area (TPSA) is 38.9 Å². The van der Waals surface area contributed by atoms with E-state index in [1.54, 1.807) is 0 Å². The quantitative estimate of drug-likeness (QED) is 0.786. The van der Waals surface area contributed by atoms with Gasteiger partial charge >= 0.3 is 0 Å². The maximum absolute atomic E-state index is 6.67. The number of pyridine rings is 1. The smallest absolute Gasteiger partial charge is 0.0476 e. The summed E-state index contributed by atoms with van der Waals surface area (Å²) in [5.41, 5.74) is 8.89. The van der Waals surface area contributed by atoms with Crippen LogP contribution in [0, 0.1) is 12.3 Å². The van der Waals surface area contributed by atoms with Crippen molar-refractivity contribution in [2.75, 3.05) is 0 Å². The van der Waals surface area contributed by atoms with E-state index in [-0.39, 0.29) is 11.0 Å². The second-order valence-corrected chi connectivity index (χ2v) is 5.75. The third kappa shape index (κ3) is 1.75. The van der Waals surface area contributed by atoms with Crippen LogP contribution in [-0.4, -0.2) is 4.98 Å². The molecule has 0 saturated heterocycles. The first-order valence-corrected chi connectivity index (χ1v) is 6.18. The third-order valence-electron chi connectivity index (χ3n) is 4.26. The van der Waals surface area contributed by atoms with Crippen molar-refractivity contribution >= 4 is 0 Å². The standard InChI is InChI=1S/C14H22N2/c1-11-6-7-12(10-16-11)14(15)9-5-4-8-13(14,2)3/h6-7,10H,4-5,8-9,15H2,1-3H3. The monoisotopic (exact) mass is 218 g/mol. The molecule has 1 aliphatic rings. The maximum atomic E-state index is 6.67. The zero-order chi connectivity index (χ0) is 11.8. The van der Waals surface area contributed by atoms with Gasteiger partial charge in [-0.05, 0) is 36.8 Å². The SMILES string of the molecule is Cc1ccc(C2(N)CCCCC2(C)C)cn1. The summed E-state index contributed by atoms with van der Waals surface area (Å²) in [6.07, 6.45) is 6.77. The Kier molecular flexibility index (Phi) is 2.79. The van der Waals surface area contributed by atoms with Crippen LogP contribution >= 0.6 is 0 Å². The van der Waals surface area contributed by atoms with Crippen molar-refractivity contribution in [1.29, 1.82) is 0 Å². The van der Waals surface area contributed by atoms with Crippen molar-refractivity contribution < 1.29 is 0 Å². The largest absolute Gasteiger partial charge is 0.321 e. The van der Waals surface area contributed by atoms with E-state index in [9.17, 15) is 0 Å². The average molecular weight is 218 g/mol. The van der Waals surface area contributed by atoms with Crippen LogP contribution in [0.1, 0.15) is 50.8 Å². The van der Waals surface area contributed by atoms with Gasteiger partial charge in [0.2, 0.25) is 0 Å². The van der Waals surface area contributed by atoms with Crippen molar-refractivity contribution in [1.82, 2.24) is 4.98 Å². The first kappa shape index (κ1) is 11.6. The molecule has 88 valence electrons. The number of aryl methyl sites for hydroxylation is 1. The van der Waals surface area contributed by atoms with Gasteiger partial charge in [-0.25, -0.2) is 0 Å². The molecule has 1 aromatic rings. The summed E-state index contributed by atoms with van der Waals surface area (Å²) in [5.74, 6) is 0. The maximum Gasteiger partial charge on any atom is 0.0476 e. The van der Waals surface area contributed by atoms with E-state index < -0.39 is 0 Å². The number of rotatable bonds is 1. The van der Waals surface area contributed by atoms with Crippen LogP contribution in [-0.2, 0) is 5.54 Å². The van der Waals surface area contributed by atoms with Crippen LogP contribution in [0.15, 0.2) is 18.3 Å². The number of nitrogens with zero attached hydrogens (tertiary/aromatic N) is 1. The summed E-state index contributed by atoms with van der Waals surface area (Å²) in [4.78, 5) is 4.39. The number of hydrogen-bond acceptors (Lipinski definition) is 2. The molecule has 1 aliphatic carbocycles. The normalized spacial score (nSPS) is 29.0. The van der Waals surface area contributed by atoms with Crippen LogP contribution in [0.2, 0.25) is 0 Å². The molecule has 1 aromatic heterocycles. The Labute approximate surface area is 98.3 Å². The minimum atomic E-state index is -0.202. The van der Waals surface area contributed by atoms with Gasteiger partial charge < -0.3 is 5.73 Å². The van der Waals surface area contributed by atoms with Gasteiger partial charge in [-0.3, -0.25) is 4.98 Å². The summed E-state index contributed by atoms with van der Waals surface area (Å²) in [5, 5.41) is 0. The summed E-state index contributed by atoms with van der Waals surface area (Å²) in [6.45, 7) is 6.58. The first-order valence-electron chi connectivity index (χ1n) is 6.18. The second kappa shape index (κ2) is 3.85. The lowest BCUT2D eigenvalue weighted by molar-refractivity contribution is 0.0975. The highest BCUT2D eigenvalue weighted by atomic mass is 14.8. The van der Waals surface area contributed by atoms with Crippen LogP contribution in [0.5, 0.6) is 0 Å². The zero-order valence-corrected chi connectivity index (χ0v) is 10.6. The first-order chi connectivity index (χ1) is 7.46.